The lowest BCUT2D eigenvalue weighted by molar-refractivity contribution is 0.358. The van der Waals surface area contributed by atoms with E-state index in [0.29, 0.717) is 6.04 Å². The monoisotopic (exact) mass is 209 g/mol. The summed E-state index contributed by atoms with van der Waals surface area (Å²) in [6, 6.07) is 0.339. The number of aromatic nitrogens is 2. The van der Waals surface area contributed by atoms with Crippen LogP contribution in [0.4, 0.5) is 0 Å². The highest BCUT2D eigenvalue weighted by Crippen LogP contribution is 2.18. The molecular weight excluding hydrogens is 190 g/mol. The molecule has 0 radical (unpaired) electrons. The van der Waals surface area contributed by atoms with Crippen molar-refractivity contribution in [1.29, 1.82) is 0 Å². The van der Waals surface area contributed by atoms with Gasteiger partial charge in [-0.05, 0) is 33.2 Å². The van der Waals surface area contributed by atoms with E-state index < -0.39 is 0 Å². The largest absolute Gasteiger partial charge is 0.328 e. The van der Waals surface area contributed by atoms with Gasteiger partial charge in [-0.2, -0.15) is 0 Å². The average Bonchev–Trinajstić information content (AvgIpc) is 2.45. The van der Waals surface area contributed by atoms with Crippen molar-refractivity contribution in [2.24, 2.45) is 7.05 Å². The lowest BCUT2D eigenvalue weighted by atomic mass is 10.1. The van der Waals surface area contributed by atoms with E-state index in [9.17, 15) is 4.79 Å². The van der Waals surface area contributed by atoms with E-state index in [1.807, 2.05) is 25.5 Å². The molecule has 1 N–H and O–H groups in total. The molecule has 1 aromatic heterocycles. The van der Waals surface area contributed by atoms with Gasteiger partial charge in [0.25, 0.3) is 0 Å². The number of nitrogens with one attached hydrogen (secondary N) is 1. The van der Waals surface area contributed by atoms with Gasteiger partial charge in [0, 0.05) is 25.0 Å². The summed E-state index contributed by atoms with van der Waals surface area (Å²) in [5, 5.41) is 3.35. The molecule has 15 heavy (non-hydrogen) atoms. The molecule has 0 spiro atoms. The second kappa shape index (κ2) is 3.85. The topological polar surface area (TPSA) is 39.0 Å². The quantitative estimate of drug-likeness (QED) is 0.740. The van der Waals surface area contributed by atoms with Gasteiger partial charge in [-0.25, -0.2) is 4.79 Å². The zero-order valence-electron chi connectivity index (χ0n) is 9.71. The van der Waals surface area contributed by atoms with Gasteiger partial charge in [0.1, 0.15) is 0 Å². The molecule has 1 aromatic rings. The van der Waals surface area contributed by atoms with Crippen molar-refractivity contribution in [3.63, 3.8) is 0 Å². The molecule has 0 saturated carbocycles. The molecule has 0 bridgehead atoms. The fourth-order valence-electron chi connectivity index (χ4n) is 2.35. The van der Waals surface area contributed by atoms with Crippen LogP contribution in [0, 0.1) is 13.8 Å². The van der Waals surface area contributed by atoms with Gasteiger partial charge in [-0.15, -0.1) is 0 Å². The third kappa shape index (κ3) is 1.63. The van der Waals surface area contributed by atoms with Gasteiger partial charge in [-0.1, -0.05) is 0 Å². The molecule has 2 rings (SSSR count). The van der Waals surface area contributed by atoms with Crippen LogP contribution in [0.25, 0.3) is 0 Å². The first-order valence-electron chi connectivity index (χ1n) is 5.58. The van der Waals surface area contributed by atoms with Crippen molar-refractivity contribution in [3.8, 4) is 0 Å². The molecule has 1 saturated heterocycles. The zero-order chi connectivity index (χ0) is 11.0. The fraction of sp³-hybridized carbons (Fsp3) is 0.727. The lowest BCUT2D eigenvalue weighted by Crippen LogP contribution is -2.37. The van der Waals surface area contributed by atoms with Gasteiger partial charge in [-0.3, -0.25) is 9.13 Å². The Bertz CT molecular complexity index is 410. The molecule has 1 unspecified atom stereocenters. The molecule has 0 amide bonds. The first-order valence-corrected chi connectivity index (χ1v) is 5.58. The summed E-state index contributed by atoms with van der Waals surface area (Å²) in [4.78, 5) is 12.0. The summed E-state index contributed by atoms with van der Waals surface area (Å²) in [6.07, 6.45) is 2.27. The summed E-state index contributed by atoms with van der Waals surface area (Å²) in [6.45, 7) is 6.04. The van der Waals surface area contributed by atoms with E-state index in [0.717, 1.165) is 37.3 Å². The van der Waals surface area contributed by atoms with Crippen molar-refractivity contribution >= 4 is 0 Å². The normalized spacial score (nSPS) is 21.9. The Morgan fingerprint density at radius 2 is 2.07 bits per heavy atom. The van der Waals surface area contributed by atoms with Gasteiger partial charge in [0.15, 0.2) is 0 Å². The summed E-state index contributed by atoms with van der Waals surface area (Å²) in [7, 11) is 1.84. The highest BCUT2D eigenvalue weighted by atomic mass is 16.1. The van der Waals surface area contributed by atoms with E-state index >= 15 is 0 Å². The first-order chi connectivity index (χ1) is 7.13. The van der Waals surface area contributed by atoms with E-state index in [1.165, 1.54) is 0 Å². The number of hydrogen-bond acceptors (Lipinski definition) is 2. The number of rotatable bonds is 1. The van der Waals surface area contributed by atoms with Crippen molar-refractivity contribution in [2.45, 2.75) is 32.7 Å². The number of hydrogen-bond donors (Lipinski definition) is 1. The minimum atomic E-state index is 0.124. The van der Waals surface area contributed by atoms with Crippen LogP contribution in [0.2, 0.25) is 0 Å². The number of nitrogens with zero attached hydrogens (tertiary/aromatic N) is 2. The highest BCUT2D eigenvalue weighted by molar-refractivity contribution is 5.12. The second-order valence-electron chi connectivity index (χ2n) is 4.38. The van der Waals surface area contributed by atoms with Crippen LogP contribution in [0.1, 0.15) is 30.3 Å². The maximum atomic E-state index is 12.0. The van der Waals surface area contributed by atoms with Gasteiger partial charge < -0.3 is 5.32 Å². The fourth-order valence-corrected chi connectivity index (χ4v) is 2.35. The molecule has 1 fully saturated rings. The molecule has 4 nitrogen and oxygen atoms in total. The van der Waals surface area contributed by atoms with E-state index in [-0.39, 0.29) is 5.69 Å². The summed E-state index contributed by atoms with van der Waals surface area (Å²) < 4.78 is 3.69. The average molecular weight is 209 g/mol. The Morgan fingerprint density at radius 1 is 1.33 bits per heavy atom. The lowest BCUT2D eigenvalue weighted by Gasteiger charge is -2.24. The molecule has 1 aliphatic rings. The predicted octanol–water partition coefficient (Wildman–Crippen LogP) is 0.728. The standard InChI is InChI=1S/C11H19N3O/c1-8-9(2)14(11(15)13(8)3)10-5-4-6-12-7-10/h10,12H,4-7H2,1-3H3. The third-order valence-corrected chi connectivity index (χ3v) is 3.52. The van der Waals surface area contributed by atoms with Crippen LogP contribution in [0.3, 0.4) is 0 Å². The van der Waals surface area contributed by atoms with Gasteiger partial charge in [0.05, 0.1) is 6.04 Å². The van der Waals surface area contributed by atoms with Crippen molar-refractivity contribution in [3.05, 3.63) is 21.9 Å². The molecular formula is C11H19N3O. The third-order valence-electron chi connectivity index (χ3n) is 3.52. The van der Waals surface area contributed by atoms with Gasteiger partial charge in [0.2, 0.25) is 0 Å². The van der Waals surface area contributed by atoms with E-state index in [1.54, 1.807) is 4.57 Å². The minimum Gasteiger partial charge on any atom is -0.315 e. The van der Waals surface area contributed by atoms with E-state index in [4.69, 9.17) is 0 Å². The van der Waals surface area contributed by atoms with Crippen LogP contribution in [0.5, 0.6) is 0 Å². The van der Waals surface area contributed by atoms with Crippen LogP contribution in [-0.4, -0.2) is 22.2 Å². The Balaban J connectivity index is 2.43. The molecule has 84 valence electrons. The van der Waals surface area contributed by atoms with Crippen LogP contribution in [0.15, 0.2) is 4.79 Å². The zero-order valence-corrected chi connectivity index (χ0v) is 9.71. The molecule has 1 atom stereocenters. The Hall–Kier alpha value is -1.03. The number of imidazole rings is 1. The number of piperidine rings is 1. The summed E-state index contributed by atoms with van der Waals surface area (Å²) >= 11 is 0. The Morgan fingerprint density at radius 3 is 2.53 bits per heavy atom. The van der Waals surface area contributed by atoms with Gasteiger partial charge >= 0.3 is 5.69 Å². The molecule has 0 aromatic carbocycles. The maximum Gasteiger partial charge on any atom is 0.328 e. The second-order valence-corrected chi connectivity index (χ2v) is 4.38. The Kier molecular flexibility index (Phi) is 2.69. The van der Waals surface area contributed by atoms with E-state index in [2.05, 4.69) is 5.32 Å². The van der Waals surface area contributed by atoms with Crippen LogP contribution >= 0.6 is 0 Å². The highest BCUT2D eigenvalue weighted by Gasteiger charge is 2.20. The maximum absolute atomic E-state index is 12.0. The first kappa shape index (κ1) is 10.5. The van der Waals surface area contributed by atoms with Crippen molar-refractivity contribution in [2.75, 3.05) is 13.1 Å². The summed E-state index contributed by atoms with van der Waals surface area (Å²) in [5.41, 5.74) is 2.31. The SMILES string of the molecule is Cc1c(C)n(C2CCCNC2)c(=O)n1C. The predicted molar refractivity (Wildman–Crippen MR) is 60.3 cm³/mol. The molecule has 0 aliphatic carbocycles. The van der Waals surface area contributed by atoms with Crippen LogP contribution < -0.4 is 11.0 Å². The molecule has 2 heterocycles. The summed E-state index contributed by atoms with van der Waals surface area (Å²) in [5.74, 6) is 0. The smallest absolute Gasteiger partial charge is 0.315 e. The Labute approximate surface area is 89.9 Å². The minimum absolute atomic E-state index is 0.124. The van der Waals surface area contributed by atoms with Crippen molar-refractivity contribution < 1.29 is 0 Å². The van der Waals surface area contributed by atoms with Crippen molar-refractivity contribution in [1.82, 2.24) is 14.5 Å². The molecule has 4 heteroatoms. The van der Waals surface area contributed by atoms with Crippen LogP contribution in [-0.2, 0) is 7.05 Å². The molecule has 1 aliphatic heterocycles.